The molecule has 1 aliphatic rings. The maximum atomic E-state index is 13.6. The van der Waals surface area contributed by atoms with Gasteiger partial charge < -0.3 is 15.0 Å². The molecule has 1 fully saturated rings. The minimum atomic E-state index is -0.614. The largest absolute Gasteiger partial charge is 0.497 e. The first-order valence-corrected chi connectivity index (χ1v) is 12.0. The van der Waals surface area contributed by atoms with E-state index in [4.69, 9.17) is 4.74 Å². The van der Waals surface area contributed by atoms with Crippen molar-refractivity contribution >= 4 is 17.5 Å². The predicted molar refractivity (Wildman–Crippen MR) is 135 cm³/mol. The van der Waals surface area contributed by atoms with Gasteiger partial charge in [-0.3, -0.25) is 19.1 Å². The van der Waals surface area contributed by atoms with Gasteiger partial charge in [0, 0.05) is 20.0 Å². The molecule has 2 aromatic carbocycles. The molecule has 1 aromatic heterocycles. The van der Waals surface area contributed by atoms with Crippen LogP contribution < -0.4 is 15.6 Å². The highest BCUT2D eigenvalue weighted by Gasteiger charge is 2.44. The maximum Gasteiger partial charge on any atom is 0.295 e. The van der Waals surface area contributed by atoms with Crippen molar-refractivity contribution in [3.05, 3.63) is 76.2 Å². The fraction of sp³-hybridized carbons (Fsp3) is 0.370. The minimum absolute atomic E-state index is 0.0501. The number of likely N-dealkylation sites (tertiary alicyclic amines) is 1. The average Bonchev–Trinajstić information content (AvgIpc) is 3.31. The number of carbonyl (C=O) groups is 2. The standard InChI is InChI=1S/C27H32N4O4/c1-5-6-16-30-23(32)17-22(25(30)19-12-14-21(35-4)15-13-19)26(33)28-24-18(2)29(3)31(27(24)34)20-10-8-7-9-11-20/h7-15,22,25H,5-6,16-17H2,1-4H3,(H,28,33). The predicted octanol–water partition coefficient (Wildman–Crippen LogP) is 3.82. The van der Waals surface area contributed by atoms with Gasteiger partial charge in [0.05, 0.1) is 30.5 Å². The van der Waals surface area contributed by atoms with Crippen LogP contribution in [0.1, 0.15) is 43.5 Å². The van der Waals surface area contributed by atoms with Crippen LogP contribution in [0.15, 0.2) is 59.4 Å². The smallest absolute Gasteiger partial charge is 0.295 e. The van der Waals surface area contributed by atoms with E-state index < -0.39 is 12.0 Å². The Morgan fingerprint density at radius 1 is 1.09 bits per heavy atom. The second-order valence-electron chi connectivity index (χ2n) is 8.90. The first kappa shape index (κ1) is 24.3. The Kier molecular flexibility index (Phi) is 7.10. The van der Waals surface area contributed by atoms with Crippen LogP contribution in [0.5, 0.6) is 5.75 Å². The summed E-state index contributed by atoms with van der Waals surface area (Å²) in [5, 5.41) is 2.87. The van der Waals surface area contributed by atoms with E-state index in [1.165, 1.54) is 4.68 Å². The van der Waals surface area contributed by atoms with E-state index in [2.05, 4.69) is 12.2 Å². The summed E-state index contributed by atoms with van der Waals surface area (Å²) in [6.45, 7) is 4.45. The Morgan fingerprint density at radius 2 is 1.77 bits per heavy atom. The lowest BCUT2D eigenvalue weighted by Gasteiger charge is -2.28. The number of anilines is 1. The lowest BCUT2D eigenvalue weighted by Crippen LogP contribution is -2.34. The quantitative estimate of drug-likeness (QED) is 0.536. The van der Waals surface area contributed by atoms with Crippen LogP contribution in [0.25, 0.3) is 5.69 Å². The van der Waals surface area contributed by atoms with Crippen molar-refractivity contribution in [2.45, 2.75) is 39.2 Å². The van der Waals surface area contributed by atoms with E-state index in [1.807, 2.05) is 54.6 Å². The van der Waals surface area contributed by atoms with E-state index >= 15 is 0 Å². The summed E-state index contributed by atoms with van der Waals surface area (Å²) in [6, 6.07) is 16.4. The van der Waals surface area contributed by atoms with Gasteiger partial charge in [-0.05, 0) is 43.2 Å². The Labute approximate surface area is 205 Å². The van der Waals surface area contributed by atoms with Gasteiger partial charge in [-0.25, -0.2) is 4.68 Å². The number of hydrogen-bond donors (Lipinski definition) is 1. The van der Waals surface area contributed by atoms with Gasteiger partial charge in [0.2, 0.25) is 11.8 Å². The fourth-order valence-corrected chi connectivity index (χ4v) is 4.76. The summed E-state index contributed by atoms with van der Waals surface area (Å²) >= 11 is 0. The molecule has 0 aliphatic carbocycles. The van der Waals surface area contributed by atoms with Crippen LogP contribution >= 0.6 is 0 Å². The molecule has 0 spiro atoms. The number of nitrogens with zero attached hydrogens (tertiary/aromatic N) is 3. The molecular weight excluding hydrogens is 444 g/mol. The van der Waals surface area contributed by atoms with Gasteiger partial charge in [-0.15, -0.1) is 0 Å². The van der Waals surface area contributed by atoms with Crippen LogP contribution in [-0.2, 0) is 16.6 Å². The summed E-state index contributed by atoms with van der Waals surface area (Å²) in [5.41, 5.74) is 2.15. The molecule has 0 bridgehead atoms. The third-order valence-corrected chi connectivity index (χ3v) is 6.78. The summed E-state index contributed by atoms with van der Waals surface area (Å²) in [4.78, 5) is 41.6. The fourth-order valence-electron chi connectivity index (χ4n) is 4.76. The molecule has 1 N–H and O–H groups in total. The van der Waals surface area contributed by atoms with Gasteiger partial charge in [0.25, 0.3) is 5.56 Å². The Bertz CT molecular complexity index is 1260. The number of hydrogen-bond acceptors (Lipinski definition) is 4. The second-order valence-corrected chi connectivity index (χ2v) is 8.90. The number of aromatic nitrogens is 2. The third-order valence-electron chi connectivity index (χ3n) is 6.78. The molecule has 8 nitrogen and oxygen atoms in total. The number of carbonyl (C=O) groups excluding carboxylic acids is 2. The van der Waals surface area contributed by atoms with E-state index in [0.29, 0.717) is 23.7 Å². The van der Waals surface area contributed by atoms with E-state index in [9.17, 15) is 14.4 Å². The van der Waals surface area contributed by atoms with E-state index in [0.717, 1.165) is 18.4 Å². The molecule has 184 valence electrons. The Balaban J connectivity index is 1.67. The lowest BCUT2D eigenvalue weighted by atomic mass is 9.92. The van der Waals surface area contributed by atoms with E-state index in [-0.39, 0.29) is 29.5 Å². The highest BCUT2D eigenvalue weighted by molar-refractivity contribution is 5.98. The Hall–Kier alpha value is -3.81. The molecule has 4 rings (SSSR count). The van der Waals surface area contributed by atoms with Crippen molar-refractivity contribution in [2.75, 3.05) is 19.0 Å². The minimum Gasteiger partial charge on any atom is -0.497 e. The molecule has 2 heterocycles. The number of nitrogens with one attached hydrogen (secondary N) is 1. The zero-order chi connectivity index (χ0) is 25.1. The van der Waals surface area contributed by atoms with Gasteiger partial charge in [-0.1, -0.05) is 43.7 Å². The molecule has 2 unspecified atom stereocenters. The zero-order valence-electron chi connectivity index (χ0n) is 20.7. The number of ether oxygens (including phenoxy) is 1. The van der Waals surface area contributed by atoms with Crippen molar-refractivity contribution in [3.63, 3.8) is 0 Å². The maximum absolute atomic E-state index is 13.6. The highest BCUT2D eigenvalue weighted by atomic mass is 16.5. The van der Waals surface area contributed by atoms with Gasteiger partial charge >= 0.3 is 0 Å². The second kappa shape index (κ2) is 10.2. The van der Waals surface area contributed by atoms with Gasteiger partial charge in [0.1, 0.15) is 11.4 Å². The monoisotopic (exact) mass is 476 g/mol. The average molecular weight is 477 g/mol. The number of amides is 2. The van der Waals surface area contributed by atoms with Crippen molar-refractivity contribution < 1.29 is 14.3 Å². The van der Waals surface area contributed by atoms with E-state index in [1.54, 1.807) is 30.7 Å². The molecule has 8 heteroatoms. The first-order valence-electron chi connectivity index (χ1n) is 12.0. The van der Waals surface area contributed by atoms with Crippen molar-refractivity contribution in [3.8, 4) is 11.4 Å². The molecule has 2 atom stereocenters. The molecule has 3 aromatic rings. The summed E-state index contributed by atoms with van der Waals surface area (Å²) in [5.74, 6) is -0.285. The number of unbranched alkanes of at least 4 members (excludes halogenated alkanes) is 1. The molecule has 2 amide bonds. The summed E-state index contributed by atoms with van der Waals surface area (Å²) in [7, 11) is 3.38. The molecular formula is C27H32N4O4. The zero-order valence-corrected chi connectivity index (χ0v) is 20.7. The van der Waals surface area contributed by atoms with Crippen LogP contribution in [-0.4, -0.2) is 39.7 Å². The molecule has 0 radical (unpaired) electrons. The van der Waals surface area contributed by atoms with Gasteiger partial charge in [0.15, 0.2) is 0 Å². The highest BCUT2D eigenvalue weighted by Crippen LogP contribution is 2.39. The van der Waals surface area contributed by atoms with Crippen molar-refractivity contribution in [1.29, 1.82) is 0 Å². The van der Waals surface area contributed by atoms with Crippen LogP contribution in [0, 0.1) is 12.8 Å². The van der Waals surface area contributed by atoms with Crippen LogP contribution in [0.4, 0.5) is 5.69 Å². The molecule has 35 heavy (non-hydrogen) atoms. The molecule has 0 saturated carbocycles. The van der Waals surface area contributed by atoms with Gasteiger partial charge in [-0.2, -0.15) is 0 Å². The Morgan fingerprint density at radius 3 is 2.40 bits per heavy atom. The molecule has 1 saturated heterocycles. The number of para-hydroxylation sites is 1. The summed E-state index contributed by atoms with van der Waals surface area (Å²) in [6.07, 6.45) is 1.90. The molecule has 1 aliphatic heterocycles. The normalized spacial score (nSPS) is 17.6. The first-order chi connectivity index (χ1) is 16.9. The number of rotatable bonds is 8. The number of methoxy groups -OCH3 is 1. The summed E-state index contributed by atoms with van der Waals surface area (Å²) < 4.78 is 8.53. The van der Waals surface area contributed by atoms with Crippen LogP contribution in [0.2, 0.25) is 0 Å². The van der Waals surface area contributed by atoms with Crippen LogP contribution in [0.3, 0.4) is 0 Å². The number of benzene rings is 2. The lowest BCUT2D eigenvalue weighted by molar-refractivity contribution is -0.129. The topological polar surface area (TPSA) is 85.6 Å². The third kappa shape index (κ3) is 4.60. The van der Waals surface area contributed by atoms with Crippen molar-refractivity contribution in [1.82, 2.24) is 14.3 Å². The SMILES string of the molecule is CCCCN1C(=O)CC(C(=O)Nc2c(C)n(C)n(-c3ccccc3)c2=O)C1c1ccc(OC)cc1. The van der Waals surface area contributed by atoms with Crippen molar-refractivity contribution in [2.24, 2.45) is 13.0 Å².